The molecule has 1 saturated carbocycles. The van der Waals surface area contributed by atoms with Crippen LogP contribution in [0.1, 0.15) is 50.2 Å². The van der Waals surface area contributed by atoms with Crippen LogP contribution in [0.15, 0.2) is 5.38 Å². The van der Waals surface area contributed by atoms with E-state index in [1.165, 1.54) is 30.7 Å². The van der Waals surface area contributed by atoms with Crippen LogP contribution in [0.5, 0.6) is 0 Å². The predicted molar refractivity (Wildman–Crippen MR) is 75.7 cm³/mol. The number of aromatic nitrogens is 1. The summed E-state index contributed by atoms with van der Waals surface area (Å²) in [6.45, 7) is 7.05. The summed E-state index contributed by atoms with van der Waals surface area (Å²) < 4.78 is 5.87. The van der Waals surface area contributed by atoms with Gasteiger partial charge in [0, 0.05) is 11.9 Å². The van der Waals surface area contributed by atoms with E-state index in [-0.39, 0.29) is 0 Å². The van der Waals surface area contributed by atoms with Gasteiger partial charge >= 0.3 is 0 Å². The van der Waals surface area contributed by atoms with Crippen LogP contribution < -0.4 is 5.32 Å². The number of nitrogens with zero attached hydrogens (tertiary/aromatic N) is 1. The standard InChI is InChI=1S/C14H24N2OS/c1-11(2)7-15-8-14-16-12(10-18-14)9-17-13-5-3-4-6-13/h10-11,13,15H,3-9H2,1-2H3. The van der Waals surface area contributed by atoms with Crippen LogP contribution >= 0.6 is 11.3 Å². The second-order valence-electron chi connectivity index (χ2n) is 5.47. The van der Waals surface area contributed by atoms with Gasteiger partial charge in [-0.2, -0.15) is 0 Å². The molecule has 0 saturated heterocycles. The summed E-state index contributed by atoms with van der Waals surface area (Å²) in [6.07, 6.45) is 5.59. The van der Waals surface area contributed by atoms with Gasteiger partial charge in [0.2, 0.25) is 0 Å². The van der Waals surface area contributed by atoms with Gasteiger partial charge in [0.25, 0.3) is 0 Å². The molecule has 0 aromatic carbocycles. The lowest BCUT2D eigenvalue weighted by molar-refractivity contribution is 0.0440. The molecule has 1 heterocycles. The SMILES string of the molecule is CC(C)CNCc1nc(COC2CCCC2)cs1. The van der Waals surface area contributed by atoms with E-state index in [4.69, 9.17) is 4.74 Å². The molecule has 1 aromatic heterocycles. The molecule has 102 valence electrons. The average Bonchev–Trinajstić information content (AvgIpc) is 2.96. The molecule has 0 unspecified atom stereocenters. The van der Waals surface area contributed by atoms with Crippen LogP contribution in [0.2, 0.25) is 0 Å². The van der Waals surface area contributed by atoms with Gasteiger partial charge in [-0.05, 0) is 25.3 Å². The van der Waals surface area contributed by atoms with Crippen molar-refractivity contribution >= 4 is 11.3 Å². The van der Waals surface area contributed by atoms with Crippen LogP contribution in [0.3, 0.4) is 0 Å². The molecule has 0 atom stereocenters. The lowest BCUT2D eigenvalue weighted by atomic mass is 10.2. The molecule has 1 aliphatic rings. The first-order chi connectivity index (χ1) is 8.74. The summed E-state index contributed by atoms with van der Waals surface area (Å²) in [6, 6.07) is 0. The van der Waals surface area contributed by atoms with Gasteiger partial charge in [-0.25, -0.2) is 4.98 Å². The Labute approximate surface area is 114 Å². The third-order valence-corrected chi connectivity index (χ3v) is 4.09. The molecule has 1 aromatic rings. The predicted octanol–water partition coefficient (Wildman–Crippen LogP) is 3.35. The molecule has 1 N–H and O–H groups in total. The number of hydrogen-bond donors (Lipinski definition) is 1. The van der Waals surface area contributed by atoms with Crippen molar-refractivity contribution in [3.8, 4) is 0 Å². The number of hydrogen-bond acceptors (Lipinski definition) is 4. The van der Waals surface area contributed by atoms with E-state index in [9.17, 15) is 0 Å². The minimum atomic E-state index is 0.481. The summed E-state index contributed by atoms with van der Waals surface area (Å²) in [5.74, 6) is 0.690. The molecule has 1 aliphatic carbocycles. The Morgan fingerprint density at radius 3 is 2.94 bits per heavy atom. The normalized spacial score (nSPS) is 16.8. The van der Waals surface area contributed by atoms with Gasteiger partial charge in [-0.3, -0.25) is 0 Å². The molecule has 1 fully saturated rings. The quantitative estimate of drug-likeness (QED) is 0.823. The molecule has 2 rings (SSSR count). The molecular weight excluding hydrogens is 244 g/mol. The third-order valence-electron chi connectivity index (χ3n) is 3.20. The fourth-order valence-electron chi connectivity index (χ4n) is 2.22. The van der Waals surface area contributed by atoms with Crippen LogP contribution in [0.25, 0.3) is 0 Å². The van der Waals surface area contributed by atoms with Crippen molar-refractivity contribution in [1.29, 1.82) is 0 Å². The van der Waals surface area contributed by atoms with Gasteiger partial charge in [-0.15, -0.1) is 11.3 Å². The number of ether oxygens (including phenoxy) is 1. The second kappa shape index (κ2) is 7.22. The highest BCUT2D eigenvalue weighted by molar-refractivity contribution is 7.09. The van der Waals surface area contributed by atoms with E-state index in [0.29, 0.717) is 18.6 Å². The molecule has 18 heavy (non-hydrogen) atoms. The lowest BCUT2D eigenvalue weighted by Gasteiger charge is -2.09. The Hall–Kier alpha value is -0.450. The zero-order valence-electron chi connectivity index (χ0n) is 11.4. The second-order valence-corrected chi connectivity index (χ2v) is 6.42. The maximum Gasteiger partial charge on any atom is 0.107 e. The van der Waals surface area contributed by atoms with Gasteiger partial charge in [0.05, 0.1) is 18.4 Å². The Morgan fingerprint density at radius 1 is 1.44 bits per heavy atom. The summed E-state index contributed by atoms with van der Waals surface area (Å²) >= 11 is 1.73. The van der Waals surface area contributed by atoms with E-state index in [1.807, 2.05) is 0 Å². The fourth-order valence-corrected chi connectivity index (χ4v) is 2.97. The fraction of sp³-hybridized carbons (Fsp3) is 0.786. The van der Waals surface area contributed by atoms with Crippen molar-refractivity contribution in [3.05, 3.63) is 16.1 Å². The van der Waals surface area contributed by atoms with Crippen molar-refractivity contribution < 1.29 is 4.74 Å². The first-order valence-electron chi connectivity index (χ1n) is 6.99. The average molecular weight is 268 g/mol. The van der Waals surface area contributed by atoms with Gasteiger partial charge in [-0.1, -0.05) is 26.7 Å². The summed E-state index contributed by atoms with van der Waals surface area (Å²) in [5, 5.41) is 6.71. The minimum absolute atomic E-state index is 0.481. The minimum Gasteiger partial charge on any atom is -0.372 e. The molecule has 0 amide bonds. The largest absolute Gasteiger partial charge is 0.372 e. The Balaban J connectivity index is 1.68. The topological polar surface area (TPSA) is 34.2 Å². The molecule has 0 radical (unpaired) electrons. The Morgan fingerprint density at radius 2 is 2.22 bits per heavy atom. The van der Waals surface area contributed by atoms with Crippen molar-refractivity contribution in [2.75, 3.05) is 6.54 Å². The van der Waals surface area contributed by atoms with Gasteiger partial charge in [0.1, 0.15) is 5.01 Å². The summed E-state index contributed by atoms with van der Waals surface area (Å²) in [7, 11) is 0. The zero-order chi connectivity index (χ0) is 12.8. The Kier molecular flexibility index (Phi) is 5.60. The highest BCUT2D eigenvalue weighted by atomic mass is 32.1. The molecule has 0 bridgehead atoms. The summed E-state index contributed by atoms with van der Waals surface area (Å²) in [4.78, 5) is 4.60. The van der Waals surface area contributed by atoms with Crippen molar-refractivity contribution in [3.63, 3.8) is 0 Å². The van der Waals surface area contributed by atoms with E-state index in [1.54, 1.807) is 11.3 Å². The smallest absolute Gasteiger partial charge is 0.107 e. The van der Waals surface area contributed by atoms with Gasteiger partial charge < -0.3 is 10.1 Å². The van der Waals surface area contributed by atoms with Crippen molar-refractivity contribution in [1.82, 2.24) is 10.3 Å². The first kappa shape index (κ1) is 14.0. The van der Waals surface area contributed by atoms with Crippen LogP contribution in [-0.2, 0) is 17.9 Å². The van der Waals surface area contributed by atoms with Crippen LogP contribution in [0, 0.1) is 5.92 Å². The lowest BCUT2D eigenvalue weighted by Crippen LogP contribution is -2.18. The first-order valence-corrected chi connectivity index (χ1v) is 7.87. The van der Waals surface area contributed by atoms with Crippen LogP contribution in [-0.4, -0.2) is 17.6 Å². The molecule has 3 nitrogen and oxygen atoms in total. The molecule has 4 heteroatoms. The maximum absolute atomic E-state index is 5.87. The monoisotopic (exact) mass is 268 g/mol. The number of rotatable bonds is 7. The van der Waals surface area contributed by atoms with E-state index < -0.39 is 0 Å². The zero-order valence-corrected chi connectivity index (χ0v) is 12.3. The maximum atomic E-state index is 5.87. The van der Waals surface area contributed by atoms with Crippen molar-refractivity contribution in [2.45, 2.75) is 58.8 Å². The molecule has 0 spiro atoms. The van der Waals surface area contributed by atoms with E-state index in [0.717, 1.165) is 18.8 Å². The third kappa shape index (κ3) is 4.67. The highest BCUT2D eigenvalue weighted by Gasteiger charge is 2.15. The number of thiazole rings is 1. The van der Waals surface area contributed by atoms with E-state index in [2.05, 4.69) is 29.5 Å². The van der Waals surface area contributed by atoms with Crippen molar-refractivity contribution in [2.24, 2.45) is 5.92 Å². The number of nitrogens with one attached hydrogen (secondary N) is 1. The molecular formula is C14H24N2OS. The van der Waals surface area contributed by atoms with Gasteiger partial charge in [0.15, 0.2) is 0 Å². The van der Waals surface area contributed by atoms with Crippen LogP contribution in [0.4, 0.5) is 0 Å². The summed E-state index contributed by atoms with van der Waals surface area (Å²) in [5.41, 5.74) is 1.09. The molecule has 0 aliphatic heterocycles. The Bertz CT molecular complexity index is 345. The van der Waals surface area contributed by atoms with E-state index >= 15 is 0 Å². The highest BCUT2D eigenvalue weighted by Crippen LogP contribution is 2.22.